The largest absolute Gasteiger partial charge is 0.488 e. The van der Waals surface area contributed by atoms with Crippen molar-refractivity contribution in [2.24, 2.45) is 0 Å². The van der Waals surface area contributed by atoms with Gasteiger partial charge in [-0.2, -0.15) is 0 Å². The number of rotatable bonds is 4. The average Bonchev–Trinajstić information content (AvgIpc) is 3.25. The predicted octanol–water partition coefficient (Wildman–Crippen LogP) is 5.29. The van der Waals surface area contributed by atoms with Gasteiger partial charge in [0.1, 0.15) is 12.4 Å². The summed E-state index contributed by atoms with van der Waals surface area (Å²) in [7, 11) is 0. The van der Waals surface area contributed by atoms with Crippen LogP contribution in [0.25, 0.3) is 22.1 Å². The number of thiazole rings is 1. The summed E-state index contributed by atoms with van der Waals surface area (Å²) in [6.45, 7) is 0.468. The summed E-state index contributed by atoms with van der Waals surface area (Å²) in [6, 6.07) is 21.2. The lowest BCUT2D eigenvalue weighted by molar-refractivity contribution is 0.304. The molecule has 7 heteroatoms. The van der Waals surface area contributed by atoms with Crippen LogP contribution in [0.15, 0.2) is 71.5 Å². The molecule has 0 fully saturated rings. The van der Waals surface area contributed by atoms with E-state index < -0.39 is 0 Å². The Bertz CT molecular complexity index is 1490. The second-order valence-electron chi connectivity index (χ2n) is 6.74. The van der Waals surface area contributed by atoms with Gasteiger partial charge in [0.15, 0.2) is 4.96 Å². The fourth-order valence-electron chi connectivity index (χ4n) is 3.23. The molecule has 0 unspecified atom stereocenters. The SMILES string of the molecule is O=c1c(=Cc2ccc(OCc3ccc(Cl)cc3)c(I)c2)sc2nc3ccccc3n12. The number of aromatic nitrogens is 2. The van der Waals surface area contributed by atoms with Gasteiger partial charge in [0.25, 0.3) is 5.56 Å². The van der Waals surface area contributed by atoms with Crippen molar-refractivity contribution in [1.82, 2.24) is 9.38 Å². The number of hydrogen-bond acceptors (Lipinski definition) is 4. The molecule has 2 heterocycles. The molecule has 0 radical (unpaired) electrons. The van der Waals surface area contributed by atoms with E-state index in [1.807, 2.05) is 72.8 Å². The fourth-order valence-corrected chi connectivity index (χ4v) is 5.04. The average molecular weight is 545 g/mol. The Kier molecular flexibility index (Phi) is 5.22. The first kappa shape index (κ1) is 19.5. The van der Waals surface area contributed by atoms with Crippen molar-refractivity contribution in [3.63, 3.8) is 0 Å². The lowest BCUT2D eigenvalue weighted by Gasteiger charge is -2.09. The van der Waals surface area contributed by atoms with Gasteiger partial charge in [-0.1, -0.05) is 53.3 Å². The van der Waals surface area contributed by atoms with E-state index in [1.165, 1.54) is 11.3 Å². The second-order valence-corrected chi connectivity index (χ2v) is 9.35. The highest BCUT2D eigenvalue weighted by atomic mass is 127. The topological polar surface area (TPSA) is 43.6 Å². The highest BCUT2D eigenvalue weighted by Crippen LogP contribution is 2.24. The Balaban J connectivity index is 1.44. The molecule has 148 valence electrons. The first-order valence-corrected chi connectivity index (χ1v) is 11.4. The summed E-state index contributed by atoms with van der Waals surface area (Å²) in [5.74, 6) is 0.803. The molecule has 0 N–H and O–H groups in total. The van der Waals surface area contributed by atoms with Gasteiger partial charge < -0.3 is 4.74 Å². The van der Waals surface area contributed by atoms with Crippen molar-refractivity contribution in [3.05, 3.63) is 101 Å². The molecule has 0 atom stereocenters. The molecule has 0 aliphatic carbocycles. The second kappa shape index (κ2) is 8.02. The van der Waals surface area contributed by atoms with E-state index in [2.05, 4.69) is 27.6 Å². The smallest absolute Gasteiger partial charge is 0.274 e. The zero-order valence-corrected chi connectivity index (χ0v) is 19.2. The third-order valence-electron chi connectivity index (χ3n) is 4.71. The number of benzene rings is 3. The molecular formula is C23H14ClIN2O2S. The van der Waals surface area contributed by atoms with Crippen LogP contribution in [0, 0.1) is 3.57 Å². The molecule has 0 saturated carbocycles. The number of para-hydroxylation sites is 2. The van der Waals surface area contributed by atoms with E-state index in [1.54, 1.807) is 4.40 Å². The van der Waals surface area contributed by atoms with Crippen molar-refractivity contribution in [2.75, 3.05) is 0 Å². The molecule has 3 aromatic carbocycles. The summed E-state index contributed by atoms with van der Waals surface area (Å²) in [4.78, 5) is 18.2. The van der Waals surface area contributed by atoms with E-state index in [0.717, 1.165) is 31.5 Å². The molecule has 0 aliphatic heterocycles. The summed E-state index contributed by atoms with van der Waals surface area (Å²) in [5.41, 5.74) is 3.64. The Labute approximate surface area is 194 Å². The van der Waals surface area contributed by atoms with Crippen molar-refractivity contribution < 1.29 is 4.74 Å². The van der Waals surface area contributed by atoms with Crippen LogP contribution in [0.3, 0.4) is 0 Å². The van der Waals surface area contributed by atoms with Crippen LogP contribution in [0.4, 0.5) is 0 Å². The molecule has 0 bridgehead atoms. The Morgan fingerprint density at radius 1 is 1.10 bits per heavy atom. The lowest BCUT2D eigenvalue weighted by atomic mass is 10.2. The maximum atomic E-state index is 12.9. The van der Waals surface area contributed by atoms with Crippen LogP contribution in [-0.4, -0.2) is 9.38 Å². The van der Waals surface area contributed by atoms with E-state index in [9.17, 15) is 4.79 Å². The molecule has 0 spiro atoms. The summed E-state index contributed by atoms with van der Waals surface area (Å²) in [6.07, 6.45) is 1.90. The van der Waals surface area contributed by atoms with Gasteiger partial charge in [0.05, 0.1) is 19.1 Å². The first-order chi connectivity index (χ1) is 14.6. The Morgan fingerprint density at radius 3 is 2.70 bits per heavy atom. The normalized spacial score (nSPS) is 12.1. The van der Waals surface area contributed by atoms with E-state index in [-0.39, 0.29) is 5.56 Å². The van der Waals surface area contributed by atoms with E-state index >= 15 is 0 Å². The molecule has 2 aromatic heterocycles. The van der Waals surface area contributed by atoms with Gasteiger partial charge in [0, 0.05) is 5.02 Å². The van der Waals surface area contributed by atoms with Crippen LogP contribution in [0.5, 0.6) is 5.75 Å². The summed E-state index contributed by atoms with van der Waals surface area (Å²) < 4.78 is 9.26. The minimum absolute atomic E-state index is 0.0400. The van der Waals surface area contributed by atoms with E-state index in [4.69, 9.17) is 16.3 Å². The molecule has 30 heavy (non-hydrogen) atoms. The maximum absolute atomic E-state index is 12.9. The molecule has 5 rings (SSSR count). The Morgan fingerprint density at radius 2 is 1.90 bits per heavy atom. The number of nitrogens with zero attached hydrogens (tertiary/aromatic N) is 2. The quantitative estimate of drug-likeness (QED) is 0.289. The molecule has 0 saturated heterocycles. The lowest BCUT2D eigenvalue weighted by Crippen LogP contribution is -2.22. The summed E-state index contributed by atoms with van der Waals surface area (Å²) >= 11 is 9.58. The number of ether oxygens (including phenoxy) is 1. The van der Waals surface area contributed by atoms with Crippen LogP contribution in [-0.2, 0) is 6.61 Å². The summed E-state index contributed by atoms with van der Waals surface area (Å²) in [5, 5.41) is 0.708. The van der Waals surface area contributed by atoms with Crippen molar-refractivity contribution in [3.8, 4) is 5.75 Å². The molecule has 4 nitrogen and oxygen atoms in total. The van der Waals surface area contributed by atoms with Crippen molar-refractivity contribution in [1.29, 1.82) is 0 Å². The van der Waals surface area contributed by atoms with Gasteiger partial charge in [-0.3, -0.25) is 4.79 Å². The monoisotopic (exact) mass is 544 g/mol. The van der Waals surface area contributed by atoms with Crippen LogP contribution < -0.4 is 14.8 Å². The highest BCUT2D eigenvalue weighted by molar-refractivity contribution is 14.1. The fraction of sp³-hybridized carbons (Fsp3) is 0.0435. The third-order valence-corrected chi connectivity index (χ3v) is 6.77. The maximum Gasteiger partial charge on any atom is 0.274 e. The first-order valence-electron chi connectivity index (χ1n) is 9.17. The zero-order chi connectivity index (χ0) is 20.7. The minimum Gasteiger partial charge on any atom is -0.488 e. The van der Waals surface area contributed by atoms with Crippen molar-refractivity contribution in [2.45, 2.75) is 6.61 Å². The van der Waals surface area contributed by atoms with Gasteiger partial charge in [0.2, 0.25) is 0 Å². The van der Waals surface area contributed by atoms with Gasteiger partial charge in [-0.25, -0.2) is 9.38 Å². The van der Waals surface area contributed by atoms with Crippen LogP contribution in [0.2, 0.25) is 5.02 Å². The number of halogens is 2. The van der Waals surface area contributed by atoms with E-state index in [0.29, 0.717) is 21.1 Å². The zero-order valence-electron chi connectivity index (χ0n) is 15.5. The number of fused-ring (bicyclic) bond motifs is 3. The minimum atomic E-state index is -0.0400. The number of imidazole rings is 1. The molecular weight excluding hydrogens is 531 g/mol. The van der Waals surface area contributed by atoms with Gasteiger partial charge >= 0.3 is 0 Å². The Hall–Kier alpha value is -2.42. The number of hydrogen-bond donors (Lipinski definition) is 0. The highest BCUT2D eigenvalue weighted by Gasteiger charge is 2.11. The van der Waals surface area contributed by atoms with Gasteiger partial charge in [-0.05, 0) is 76.2 Å². The van der Waals surface area contributed by atoms with Gasteiger partial charge in [-0.15, -0.1) is 0 Å². The van der Waals surface area contributed by atoms with Crippen LogP contribution >= 0.6 is 45.5 Å². The molecule has 0 aliphatic rings. The third kappa shape index (κ3) is 3.71. The van der Waals surface area contributed by atoms with Crippen LogP contribution in [0.1, 0.15) is 11.1 Å². The standard InChI is InChI=1S/C23H14ClIN2O2S/c24-16-8-5-14(6-9-16)13-29-20-10-7-15(11-17(20)25)12-21-22(28)27-19-4-2-1-3-18(19)26-23(27)30-21/h1-12H,13H2. The van der Waals surface area contributed by atoms with Crippen molar-refractivity contribution >= 4 is 67.6 Å². The molecule has 5 aromatic rings. The molecule has 0 amide bonds. The predicted molar refractivity (Wildman–Crippen MR) is 131 cm³/mol.